The van der Waals surface area contributed by atoms with Crippen LogP contribution in [0.15, 0.2) is 54.6 Å². The van der Waals surface area contributed by atoms with Crippen LogP contribution in [0.5, 0.6) is 0 Å². The standard InChI is InChI=1S/C23H22N4O3S/c1-15-11-16(2)27(25-15)13-18-3-7-19(8-4-18)22(29)24-20-9-5-17(6-10-20)12-26-21(28)14-31-23(26)30/h3-11H,12-14H2,1-2H3,(H,24,29). The first-order valence-corrected chi connectivity index (χ1v) is 10.8. The van der Waals surface area contributed by atoms with E-state index in [4.69, 9.17) is 0 Å². The molecule has 0 aliphatic carbocycles. The molecule has 0 unspecified atom stereocenters. The van der Waals surface area contributed by atoms with Gasteiger partial charge in [0, 0.05) is 16.9 Å². The minimum Gasteiger partial charge on any atom is -0.322 e. The zero-order valence-corrected chi connectivity index (χ0v) is 18.1. The Balaban J connectivity index is 1.36. The van der Waals surface area contributed by atoms with Crippen LogP contribution in [0.1, 0.15) is 32.9 Å². The van der Waals surface area contributed by atoms with Crippen molar-refractivity contribution in [2.24, 2.45) is 0 Å². The Labute approximate surface area is 184 Å². The molecule has 0 spiro atoms. The number of anilines is 1. The summed E-state index contributed by atoms with van der Waals surface area (Å²) in [5.41, 5.74) is 5.18. The van der Waals surface area contributed by atoms with Gasteiger partial charge >= 0.3 is 0 Å². The van der Waals surface area contributed by atoms with Gasteiger partial charge in [-0.15, -0.1) is 0 Å². The predicted molar refractivity (Wildman–Crippen MR) is 120 cm³/mol. The number of aromatic nitrogens is 2. The van der Waals surface area contributed by atoms with E-state index in [0.29, 0.717) is 17.8 Å². The highest BCUT2D eigenvalue weighted by atomic mass is 32.2. The van der Waals surface area contributed by atoms with E-state index in [9.17, 15) is 14.4 Å². The van der Waals surface area contributed by atoms with Crippen molar-refractivity contribution in [2.45, 2.75) is 26.9 Å². The maximum atomic E-state index is 12.6. The normalized spacial score (nSPS) is 13.7. The third kappa shape index (κ3) is 4.86. The molecule has 4 rings (SSSR count). The highest BCUT2D eigenvalue weighted by Gasteiger charge is 2.29. The highest BCUT2D eigenvalue weighted by molar-refractivity contribution is 8.14. The van der Waals surface area contributed by atoms with Crippen LogP contribution in [0.3, 0.4) is 0 Å². The van der Waals surface area contributed by atoms with E-state index in [1.807, 2.05) is 36.7 Å². The van der Waals surface area contributed by atoms with Gasteiger partial charge in [-0.3, -0.25) is 24.0 Å². The van der Waals surface area contributed by atoms with Gasteiger partial charge in [0.1, 0.15) is 0 Å². The van der Waals surface area contributed by atoms with Crippen molar-refractivity contribution in [1.82, 2.24) is 14.7 Å². The highest BCUT2D eigenvalue weighted by Crippen LogP contribution is 2.22. The van der Waals surface area contributed by atoms with E-state index < -0.39 is 0 Å². The Bertz CT molecular complexity index is 1120. The molecule has 1 N–H and O–H groups in total. The minimum atomic E-state index is -0.219. The van der Waals surface area contributed by atoms with Crippen molar-refractivity contribution >= 4 is 34.5 Å². The fraction of sp³-hybridized carbons (Fsp3) is 0.217. The summed E-state index contributed by atoms with van der Waals surface area (Å²) in [5.74, 6) is -0.173. The number of aryl methyl sites for hydroxylation is 2. The third-order valence-corrected chi connectivity index (χ3v) is 5.90. The van der Waals surface area contributed by atoms with Crippen LogP contribution >= 0.6 is 11.8 Å². The molecular formula is C23H22N4O3S. The number of carbonyl (C=O) groups is 3. The van der Waals surface area contributed by atoms with E-state index in [1.165, 1.54) is 4.90 Å². The summed E-state index contributed by atoms with van der Waals surface area (Å²) in [6.07, 6.45) is 0. The summed E-state index contributed by atoms with van der Waals surface area (Å²) >= 11 is 1.02. The van der Waals surface area contributed by atoms with Gasteiger partial charge in [-0.2, -0.15) is 5.10 Å². The Morgan fingerprint density at radius 1 is 1.00 bits per heavy atom. The van der Waals surface area contributed by atoms with Crippen molar-refractivity contribution in [2.75, 3.05) is 11.1 Å². The van der Waals surface area contributed by atoms with Crippen LogP contribution in [0.25, 0.3) is 0 Å². The van der Waals surface area contributed by atoms with Gasteiger partial charge in [0.15, 0.2) is 0 Å². The van der Waals surface area contributed by atoms with Gasteiger partial charge in [-0.1, -0.05) is 36.0 Å². The van der Waals surface area contributed by atoms with E-state index in [-0.39, 0.29) is 29.4 Å². The van der Waals surface area contributed by atoms with Crippen LogP contribution in [0.4, 0.5) is 10.5 Å². The smallest absolute Gasteiger partial charge is 0.289 e. The second kappa shape index (κ2) is 8.77. The van der Waals surface area contributed by atoms with E-state index in [2.05, 4.69) is 10.4 Å². The maximum absolute atomic E-state index is 12.6. The summed E-state index contributed by atoms with van der Waals surface area (Å²) in [7, 11) is 0. The fourth-order valence-corrected chi connectivity index (χ4v) is 4.11. The maximum Gasteiger partial charge on any atom is 0.289 e. The van der Waals surface area contributed by atoms with Crippen LogP contribution in [0.2, 0.25) is 0 Å². The van der Waals surface area contributed by atoms with Gasteiger partial charge in [0.05, 0.1) is 24.5 Å². The zero-order chi connectivity index (χ0) is 22.0. The van der Waals surface area contributed by atoms with Crippen molar-refractivity contribution in [3.8, 4) is 0 Å². The average Bonchev–Trinajstić information content (AvgIpc) is 3.24. The van der Waals surface area contributed by atoms with Gasteiger partial charge in [0.2, 0.25) is 5.91 Å². The first kappa shape index (κ1) is 20.9. The molecule has 0 bridgehead atoms. The molecule has 2 heterocycles. The molecule has 2 aromatic carbocycles. The second-order valence-electron chi connectivity index (χ2n) is 7.47. The third-order valence-electron chi connectivity index (χ3n) is 5.04. The molecule has 3 aromatic rings. The minimum absolute atomic E-state index is 0.173. The van der Waals surface area contributed by atoms with Gasteiger partial charge in [-0.25, -0.2) is 0 Å². The van der Waals surface area contributed by atoms with Crippen LogP contribution in [0, 0.1) is 13.8 Å². The molecule has 1 saturated heterocycles. The molecule has 1 aliphatic rings. The molecule has 0 atom stereocenters. The molecule has 1 fully saturated rings. The number of rotatable bonds is 6. The monoisotopic (exact) mass is 434 g/mol. The summed E-state index contributed by atoms with van der Waals surface area (Å²) in [6, 6.07) is 16.6. The largest absolute Gasteiger partial charge is 0.322 e. The van der Waals surface area contributed by atoms with Gasteiger partial charge < -0.3 is 5.32 Å². The molecule has 1 aromatic heterocycles. The van der Waals surface area contributed by atoms with Gasteiger partial charge in [-0.05, 0) is 55.3 Å². The van der Waals surface area contributed by atoms with Gasteiger partial charge in [0.25, 0.3) is 11.1 Å². The number of amides is 3. The summed E-state index contributed by atoms with van der Waals surface area (Å²) in [5, 5.41) is 7.11. The molecular weight excluding hydrogens is 412 g/mol. The molecule has 0 saturated carbocycles. The first-order valence-electron chi connectivity index (χ1n) is 9.86. The Morgan fingerprint density at radius 2 is 1.65 bits per heavy atom. The van der Waals surface area contributed by atoms with E-state index >= 15 is 0 Å². The lowest BCUT2D eigenvalue weighted by Crippen LogP contribution is -2.27. The fourth-order valence-electron chi connectivity index (χ4n) is 3.38. The Hall–Kier alpha value is -3.39. The number of imide groups is 1. The first-order chi connectivity index (χ1) is 14.9. The molecule has 8 heteroatoms. The molecule has 1 aliphatic heterocycles. The lowest BCUT2D eigenvalue weighted by Gasteiger charge is -2.13. The van der Waals surface area contributed by atoms with E-state index in [1.54, 1.807) is 36.4 Å². The number of nitrogens with one attached hydrogen (secondary N) is 1. The Morgan fingerprint density at radius 3 is 2.23 bits per heavy atom. The SMILES string of the molecule is Cc1cc(C)n(Cc2ccc(C(=O)Nc3ccc(CN4C(=O)CSC4=O)cc3)cc2)n1. The van der Waals surface area contributed by atoms with E-state index in [0.717, 1.165) is 34.3 Å². The molecule has 7 nitrogen and oxygen atoms in total. The average molecular weight is 435 g/mol. The number of thioether (sulfide) groups is 1. The lowest BCUT2D eigenvalue weighted by atomic mass is 10.1. The number of carbonyl (C=O) groups excluding carboxylic acids is 3. The quantitative estimate of drug-likeness (QED) is 0.634. The van der Waals surface area contributed by atoms with Crippen molar-refractivity contribution in [1.29, 1.82) is 0 Å². The predicted octanol–water partition coefficient (Wildman–Crippen LogP) is 4.00. The molecule has 31 heavy (non-hydrogen) atoms. The van der Waals surface area contributed by atoms with Crippen molar-refractivity contribution < 1.29 is 14.4 Å². The summed E-state index contributed by atoms with van der Waals surface area (Å²) in [6.45, 7) is 4.89. The number of hydrogen-bond acceptors (Lipinski definition) is 5. The number of nitrogens with zero attached hydrogens (tertiary/aromatic N) is 3. The zero-order valence-electron chi connectivity index (χ0n) is 17.3. The van der Waals surface area contributed by atoms with Crippen molar-refractivity contribution in [3.05, 3.63) is 82.7 Å². The molecule has 3 amide bonds. The van der Waals surface area contributed by atoms with Crippen LogP contribution < -0.4 is 5.32 Å². The molecule has 158 valence electrons. The topological polar surface area (TPSA) is 84.3 Å². The van der Waals surface area contributed by atoms with Crippen LogP contribution in [-0.2, 0) is 17.9 Å². The lowest BCUT2D eigenvalue weighted by molar-refractivity contribution is -0.125. The molecule has 0 radical (unpaired) electrons. The number of hydrogen-bond donors (Lipinski definition) is 1. The number of benzene rings is 2. The summed E-state index contributed by atoms with van der Waals surface area (Å²) in [4.78, 5) is 37.2. The Kier molecular flexibility index (Phi) is 5.90. The summed E-state index contributed by atoms with van der Waals surface area (Å²) < 4.78 is 1.94. The van der Waals surface area contributed by atoms with Crippen LogP contribution in [-0.4, -0.2) is 37.5 Å². The van der Waals surface area contributed by atoms with Crippen molar-refractivity contribution in [3.63, 3.8) is 0 Å². The second-order valence-corrected chi connectivity index (χ2v) is 8.39.